The molecule has 6 aliphatic heterocycles. The first-order chi connectivity index (χ1) is 58.5. The molecule has 0 amide bonds. The number of rotatable bonds is 34. The normalized spacial score (nSPS) is 29.2. The van der Waals surface area contributed by atoms with Crippen molar-refractivity contribution >= 4 is 132 Å². The number of nitrogens with two attached hydrogens (primary N) is 5. The van der Waals surface area contributed by atoms with Gasteiger partial charge in [0, 0.05) is 57.1 Å². The van der Waals surface area contributed by atoms with Crippen LogP contribution in [0.25, 0.3) is 33.5 Å². The third-order valence-corrected chi connectivity index (χ3v) is 26.0. The van der Waals surface area contributed by atoms with Gasteiger partial charge in [-0.2, -0.15) is 19.9 Å². The highest BCUT2D eigenvalue weighted by atomic mass is 127. The molecular weight excluding hydrogens is 1910 g/mol. The summed E-state index contributed by atoms with van der Waals surface area (Å²) in [7, 11) is -33.1. The van der Waals surface area contributed by atoms with Gasteiger partial charge in [-0.1, -0.05) is 0 Å². The van der Waals surface area contributed by atoms with Crippen LogP contribution in [-0.4, -0.2) is 239 Å². The molecule has 0 spiro atoms. The van der Waals surface area contributed by atoms with Gasteiger partial charge in [0.1, 0.15) is 134 Å². The number of nitrogens with one attached hydrogen (secondary N) is 3. The first kappa shape index (κ1) is 90.6. The van der Waals surface area contributed by atoms with E-state index in [1.165, 1.54) is 33.8 Å². The van der Waals surface area contributed by atoms with E-state index in [2.05, 4.69) is 59.8 Å². The highest BCUT2D eigenvalue weighted by Gasteiger charge is 2.52. The van der Waals surface area contributed by atoms with Crippen LogP contribution in [0.5, 0.6) is 0 Å². The Bertz CT molecular complexity index is 6230. The number of aliphatic hydroxyl groups is 1. The van der Waals surface area contributed by atoms with Crippen molar-refractivity contribution in [3.05, 3.63) is 122 Å². The van der Waals surface area contributed by atoms with Gasteiger partial charge in [-0.05, 0) is 34.7 Å². The van der Waals surface area contributed by atoms with E-state index in [9.17, 15) is 95.5 Å². The van der Waals surface area contributed by atoms with Crippen LogP contribution in [0.15, 0.2) is 84.8 Å². The minimum atomic E-state index is -5.68. The number of hydrogen-bond acceptors (Lipinski definition) is 44. The largest absolute Gasteiger partial charge is 0.472 e. The van der Waals surface area contributed by atoms with Gasteiger partial charge in [-0.15, -0.1) is 0 Å². The number of hydrogen-bond donors (Lipinski definition) is 16. The van der Waals surface area contributed by atoms with Crippen molar-refractivity contribution in [1.82, 2.24) is 87.2 Å². The summed E-state index contributed by atoms with van der Waals surface area (Å²) in [5.74, 6) is -1.19. The zero-order valence-corrected chi connectivity index (χ0v) is 70.2. The zero-order valence-electron chi connectivity index (χ0n) is 62.6. The summed E-state index contributed by atoms with van der Waals surface area (Å²) >= 11 is 1.58. The summed E-state index contributed by atoms with van der Waals surface area (Å²) in [6, 6.07) is 2.48. The number of nitrogens with zero attached hydrogens (tertiary/aromatic N) is 15. The fraction of sp³-hybridized carbons (Fsp3) is 0.526. The lowest BCUT2D eigenvalue weighted by atomic mass is 10.2. The predicted octanol–water partition coefficient (Wildman–Crippen LogP) is -2.62. The highest BCUT2D eigenvalue weighted by Crippen LogP contribution is 2.57. The fourth-order valence-corrected chi connectivity index (χ4v) is 20.0. The number of phosphoric ester groups is 6. The number of ether oxygens (including phenoxy) is 6. The topological polar surface area (TPSA) is 847 Å². The molecule has 0 radical (unpaired) electrons. The molecule has 5 unspecified atom stereocenters. The highest BCUT2D eigenvalue weighted by molar-refractivity contribution is 14.1. The second-order valence-corrected chi connectivity index (χ2v) is 37.3. The number of aromatic nitrogens is 18. The number of imidazole rings is 3. The van der Waals surface area contributed by atoms with Crippen molar-refractivity contribution in [2.24, 2.45) is 0 Å². The van der Waals surface area contributed by atoms with Gasteiger partial charge in [0.15, 0.2) is 33.8 Å². The van der Waals surface area contributed by atoms with Gasteiger partial charge in [-0.3, -0.25) is 106 Å². The molecule has 15 rings (SSSR count). The number of phosphoric acid groups is 6. The van der Waals surface area contributed by atoms with Crippen LogP contribution in [0.4, 0.5) is 29.4 Å². The quantitative estimate of drug-likeness (QED) is 0.0145. The summed E-state index contributed by atoms with van der Waals surface area (Å²) in [6.45, 7) is -6.27. The van der Waals surface area contributed by atoms with Gasteiger partial charge in [0.25, 0.3) is 16.7 Å². The number of anilines is 5. The molecule has 21 N–H and O–H groups in total. The van der Waals surface area contributed by atoms with Crippen LogP contribution in [0.3, 0.4) is 0 Å². The molecule has 0 saturated carbocycles. The van der Waals surface area contributed by atoms with Gasteiger partial charge in [-0.25, -0.2) is 66.7 Å². The molecule has 124 heavy (non-hydrogen) atoms. The molecule has 9 aromatic rings. The van der Waals surface area contributed by atoms with Crippen molar-refractivity contribution < 1.29 is 145 Å². The molecule has 0 aliphatic carbocycles. The Kier molecular flexibility index (Phi) is 26.1. The van der Waals surface area contributed by atoms with E-state index in [4.69, 9.17) is 107 Å². The maximum absolute atomic E-state index is 14.5. The van der Waals surface area contributed by atoms with Crippen molar-refractivity contribution in [2.45, 2.75) is 149 Å². The third kappa shape index (κ3) is 20.7. The molecule has 15 heterocycles. The van der Waals surface area contributed by atoms with Crippen LogP contribution >= 0.6 is 69.5 Å². The number of nitrogen functional groups attached to an aromatic ring is 5. The number of aliphatic hydroxyl groups excluding tert-OH is 1. The molecule has 9 aromatic heterocycles. The van der Waals surface area contributed by atoms with Gasteiger partial charge >= 0.3 is 64.0 Å². The molecular formula is C57H72IN23O37P6. The number of H-pyrrole nitrogens is 3. The lowest BCUT2D eigenvalue weighted by Crippen LogP contribution is -2.33. The number of halogens is 1. The van der Waals surface area contributed by atoms with E-state index >= 15 is 0 Å². The molecule has 6 aliphatic rings. The second kappa shape index (κ2) is 35.8. The Balaban J connectivity index is 0.645. The maximum atomic E-state index is 14.5. The predicted molar refractivity (Wildman–Crippen MR) is 413 cm³/mol. The summed E-state index contributed by atoms with van der Waals surface area (Å²) in [4.78, 5) is 197. The van der Waals surface area contributed by atoms with E-state index in [0.717, 1.165) is 49.6 Å². The number of fused-ring (bicyclic) bond motifs is 3. The Hall–Kier alpha value is -8.20. The molecule has 6 fully saturated rings. The molecule has 6 saturated heterocycles. The van der Waals surface area contributed by atoms with E-state index < -0.39 is 269 Å². The average Bonchev–Trinajstić information content (AvgIpc) is 1.64. The minimum Gasteiger partial charge on any atom is -0.394 e. The molecule has 23 atom stereocenters. The Morgan fingerprint density at radius 3 is 1.08 bits per heavy atom. The summed E-state index contributed by atoms with van der Waals surface area (Å²) < 4.78 is 186. The monoisotopic (exact) mass is 1980 g/mol. The Morgan fingerprint density at radius 2 is 0.726 bits per heavy atom. The first-order valence-electron chi connectivity index (χ1n) is 36.1. The zero-order chi connectivity index (χ0) is 88.6. The summed E-state index contributed by atoms with van der Waals surface area (Å²) in [6.07, 6.45) is -23.6. The van der Waals surface area contributed by atoms with Gasteiger partial charge in [0.05, 0.1) is 62.2 Å². The van der Waals surface area contributed by atoms with Crippen LogP contribution in [-0.2, 0) is 106 Å². The van der Waals surface area contributed by atoms with Crippen molar-refractivity contribution in [3.63, 3.8) is 0 Å². The SMILES string of the molecule is Nc1ccn([C@H]2C[C@H](OP(=O)(O)O)[C@@H](COP(=O)(O)O[C@H]3C[C@H](n4cnc5c(=O)[nH]c(N)nc54)O[C@@H]3COP(=O)(O)O[C@H]3C[C@H](n4cc(I)c(=O)[nH]c4=O)O[C@@H]3COP(=O)(O)O[C@H]3C[C@H](n4cnc5c(N)ncnc54)O[C@@H]3COP(=O)(O)O[C@H]3C[C@H](n4cnc5c(=O)[nH]c(N)nc54)O[C@@H]3COP(=O)(O)O[C@H]3C[C@H](n4ccc(N)nc4=O)O[C@@H]3CO)O2)c(=O)n1. The summed E-state index contributed by atoms with van der Waals surface area (Å²) in [5.41, 5.74) is 22.8. The van der Waals surface area contributed by atoms with Gasteiger partial charge < -0.3 is 96.4 Å². The molecule has 67 heteroatoms. The molecule has 0 aromatic carbocycles. The lowest BCUT2D eigenvalue weighted by molar-refractivity contribution is -0.0646. The van der Waals surface area contributed by atoms with Crippen LogP contribution in [0.1, 0.15) is 75.9 Å². The summed E-state index contributed by atoms with van der Waals surface area (Å²) in [5, 5.41) is 10.2. The van der Waals surface area contributed by atoms with E-state index in [1.807, 2.05) is 0 Å². The first-order valence-corrected chi connectivity index (χ1v) is 46.2. The van der Waals surface area contributed by atoms with Crippen molar-refractivity contribution in [2.75, 3.05) is 68.3 Å². The number of aromatic amines is 3. The smallest absolute Gasteiger partial charge is 0.394 e. The van der Waals surface area contributed by atoms with Crippen LogP contribution < -0.4 is 62.4 Å². The Morgan fingerprint density at radius 1 is 0.403 bits per heavy atom. The van der Waals surface area contributed by atoms with Gasteiger partial charge in [0.2, 0.25) is 11.9 Å². The second-order valence-electron chi connectivity index (χ2n) is 27.9. The van der Waals surface area contributed by atoms with Crippen LogP contribution in [0.2, 0.25) is 0 Å². The van der Waals surface area contributed by atoms with Crippen molar-refractivity contribution in [1.29, 1.82) is 0 Å². The van der Waals surface area contributed by atoms with E-state index in [0.29, 0.717) is 0 Å². The minimum absolute atomic E-state index is 0.0289. The lowest BCUT2D eigenvalue weighted by Gasteiger charge is -2.26. The van der Waals surface area contributed by atoms with Crippen molar-refractivity contribution in [3.8, 4) is 0 Å². The molecule has 674 valence electrons. The van der Waals surface area contributed by atoms with E-state index in [-0.39, 0.29) is 66.9 Å². The third-order valence-electron chi connectivity index (χ3n) is 19.7. The van der Waals surface area contributed by atoms with Crippen LogP contribution in [0, 0.1) is 3.57 Å². The molecule has 60 nitrogen and oxygen atoms in total. The standard InChI is InChI=1S/C57H72IN23O37P6/c58-22-11-78(57(88)75-50(22)83)39-7-25(115-122(96,97)106-17-34-28(10-42(112-34)81-21-68-45-49(81)72-54(63)74-52(45)85)117-121(94,95)102-13-30-24(113-119(89,90)91)6-38(108-30)77-4-2-36(60)70-56(77)87)31(109-39)14-104-123(98,99)116-26-8-40(79-19-66-43-46(61)64-18-65-47(43)79)110-32(26)15-105-124(100,101)118-27-9-41(80-20-67-44-48(80)71-53(62)73-51(44)84)111-33(27)16-103-120(92,93)114-23-5-37(107-29(23)12-82)76-3-1-35(59)69-55(76)86/h1-4,11,18-21,23-34,37-42,82H,5-10,12-17H2,(H,92,93)(H,94,95)(H,96,97)(H,98,99)(H,100,101)(H2,59,69,86)(H2,60,70,87)(H2,61,64,65)(H,75,83,88)(H2,89,90,91)(H3,62,71,73,84)(H3,63,72,74,85)/t23-,24-,25-,26-,27-,28-,29+,30+,31+,32+,33+,34+,37+,38+,39+,40+,41+,42+/m0/s1. The Labute approximate surface area is 700 Å². The van der Waals surface area contributed by atoms with E-state index in [1.54, 1.807) is 22.6 Å². The fourth-order valence-electron chi connectivity index (χ4n) is 14.2. The maximum Gasteiger partial charge on any atom is 0.472 e. The average molecular weight is 1980 g/mol. The molecule has 0 bridgehead atoms.